The lowest BCUT2D eigenvalue weighted by Crippen LogP contribution is -2.53. The van der Waals surface area contributed by atoms with Gasteiger partial charge < -0.3 is 4.74 Å². The van der Waals surface area contributed by atoms with E-state index in [0.717, 1.165) is 10.5 Å². The van der Waals surface area contributed by atoms with E-state index in [4.69, 9.17) is 4.74 Å². The number of carbonyl (C=O) groups is 4. The molecule has 4 amide bonds. The zero-order valence-corrected chi connectivity index (χ0v) is 15.4. The van der Waals surface area contributed by atoms with Crippen molar-refractivity contribution in [3.8, 4) is 5.75 Å². The number of hydrogen-bond donors (Lipinski definition) is 2. The third kappa shape index (κ3) is 3.71. The molecule has 8 nitrogen and oxygen atoms in total. The number of rotatable bonds is 5. The topological polar surface area (TPSA) is 105 Å². The number of nitrogens with zero attached hydrogens (tertiary/aromatic N) is 1. The van der Waals surface area contributed by atoms with Crippen molar-refractivity contribution in [2.24, 2.45) is 0 Å². The van der Waals surface area contributed by atoms with Crippen molar-refractivity contribution in [1.82, 2.24) is 15.8 Å². The van der Waals surface area contributed by atoms with Gasteiger partial charge in [-0.3, -0.25) is 34.9 Å². The highest BCUT2D eigenvalue weighted by atomic mass is 16.5. The van der Waals surface area contributed by atoms with Crippen LogP contribution in [0.4, 0.5) is 0 Å². The van der Waals surface area contributed by atoms with Gasteiger partial charge in [-0.2, -0.15) is 0 Å². The first-order valence-electron chi connectivity index (χ1n) is 8.64. The monoisotopic (exact) mass is 381 g/mol. The van der Waals surface area contributed by atoms with Crippen LogP contribution in [0.1, 0.15) is 33.2 Å². The van der Waals surface area contributed by atoms with Crippen LogP contribution in [-0.2, 0) is 9.59 Å². The number of nitrogens with one attached hydrogen (secondary N) is 2. The number of hydrogen-bond acceptors (Lipinski definition) is 5. The predicted octanol–water partition coefficient (Wildman–Crippen LogP) is 1.21. The molecule has 1 heterocycles. The summed E-state index contributed by atoms with van der Waals surface area (Å²) in [7, 11) is 0. The molecule has 0 aliphatic carbocycles. The Morgan fingerprint density at radius 1 is 0.964 bits per heavy atom. The molecular weight excluding hydrogens is 362 g/mol. The number of ether oxygens (including phenoxy) is 1. The first-order valence-corrected chi connectivity index (χ1v) is 8.64. The van der Waals surface area contributed by atoms with Gasteiger partial charge in [0.2, 0.25) is 0 Å². The van der Waals surface area contributed by atoms with Crippen molar-refractivity contribution in [3.63, 3.8) is 0 Å². The van der Waals surface area contributed by atoms with Gasteiger partial charge in [-0.05, 0) is 37.6 Å². The standard InChI is InChI=1S/C20H19N3O5/c1-12-7-3-6-10-16(12)28-11-17(24)21-22-18(25)13(2)23-19(26)14-8-4-5-9-15(14)20(23)27/h3-10,13H,11H2,1-2H3,(H,21,24)(H,22,25)/t13-/m0/s1. The number of para-hydroxylation sites is 1. The quantitative estimate of drug-likeness (QED) is 0.598. The molecule has 2 aromatic carbocycles. The van der Waals surface area contributed by atoms with Crippen molar-refractivity contribution in [1.29, 1.82) is 0 Å². The Balaban J connectivity index is 1.54. The Hall–Kier alpha value is -3.68. The molecule has 0 saturated heterocycles. The molecule has 0 spiro atoms. The highest BCUT2D eigenvalue weighted by Crippen LogP contribution is 2.24. The third-order valence-corrected chi connectivity index (χ3v) is 4.37. The zero-order valence-electron chi connectivity index (χ0n) is 15.4. The van der Waals surface area contributed by atoms with Gasteiger partial charge in [-0.25, -0.2) is 0 Å². The molecule has 144 valence electrons. The molecule has 28 heavy (non-hydrogen) atoms. The summed E-state index contributed by atoms with van der Waals surface area (Å²) < 4.78 is 5.39. The van der Waals surface area contributed by atoms with Crippen molar-refractivity contribution in [3.05, 3.63) is 65.2 Å². The molecule has 0 bridgehead atoms. The molecule has 2 aromatic rings. The SMILES string of the molecule is Cc1ccccc1OCC(=O)NNC(=O)[C@H](C)N1C(=O)c2ccccc2C1=O. The van der Waals surface area contributed by atoms with Gasteiger partial charge in [0.05, 0.1) is 11.1 Å². The number of amides is 4. The molecule has 8 heteroatoms. The van der Waals surface area contributed by atoms with Gasteiger partial charge in [-0.1, -0.05) is 30.3 Å². The van der Waals surface area contributed by atoms with Gasteiger partial charge in [0.1, 0.15) is 11.8 Å². The maximum atomic E-state index is 12.4. The zero-order chi connectivity index (χ0) is 20.3. The van der Waals surface area contributed by atoms with Crippen molar-refractivity contribution >= 4 is 23.6 Å². The van der Waals surface area contributed by atoms with E-state index in [2.05, 4.69) is 10.9 Å². The van der Waals surface area contributed by atoms with Crippen molar-refractivity contribution < 1.29 is 23.9 Å². The minimum atomic E-state index is -1.09. The Bertz CT molecular complexity index is 921. The van der Waals surface area contributed by atoms with Gasteiger partial charge >= 0.3 is 0 Å². The second kappa shape index (κ2) is 7.91. The van der Waals surface area contributed by atoms with Crippen LogP contribution in [0.5, 0.6) is 5.75 Å². The summed E-state index contributed by atoms with van der Waals surface area (Å²) in [5, 5.41) is 0. The van der Waals surface area contributed by atoms with E-state index < -0.39 is 29.7 Å². The lowest BCUT2D eigenvalue weighted by Gasteiger charge is -2.21. The lowest BCUT2D eigenvalue weighted by molar-refractivity contribution is -0.131. The van der Waals surface area contributed by atoms with Gasteiger partial charge in [0.15, 0.2) is 6.61 Å². The Kier molecular flexibility index (Phi) is 5.39. The minimum absolute atomic E-state index is 0.253. The Morgan fingerprint density at radius 2 is 1.54 bits per heavy atom. The highest BCUT2D eigenvalue weighted by molar-refractivity contribution is 6.22. The molecule has 0 fully saturated rings. The second-order valence-corrected chi connectivity index (χ2v) is 6.29. The third-order valence-electron chi connectivity index (χ3n) is 4.37. The fourth-order valence-corrected chi connectivity index (χ4v) is 2.81. The van der Waals surface area contributed by atoms with Crippen LogP contribution in [0.25, 0.3) is 0 Å². The summed E-state index contributed by atoms with van der Waals surface area (Å²) in [5.74, 6) is -1.80. The number of imide groups is 1. The molecule has 0 unspecified atom stereocenters. The number of carbonyl (C=O) groups excluding carboxylic acids is 4. The molecule has 0 saturated carbocycles. The van der Waals surface area contributed by atoms with Crippen molar-refractivity contribution in [2.75, 3.05) is 6.61 Å². The first kappa shape index (κ1) is 19.1. The minimum Gasteiger partial charge on any atom is -0.483 e. The smallest absolute Gasteiger partial charge is 0.276 e. The van der Waals surface area contributed by atoms with Crippen molar-refractivity contribution in [2.45, 2.75) is 19.9 Å². The van der Waals surface area contributed by atoms with Gasteiger partial charge in [0, 0.05) is 0 Å². The molecule has 1 atom stereocenters. The largest absolute Gasteiger partial charge is 0.483 e. The highest BCUT2D eigenvalue weighted by Gasteiger charge is 2.40. The van der Waals surface area contributed by atoms with Crippen LogP contribution in [0, 0.1) is 6.92 Å². The van der Waals surface area contributed by atoms with E-state index in [0.29, 0.717) is 5.75 Å². The van der Waals surface area contributed by atoms with Crippen LogP contribution in [-0.4, -0.2) is 41.2 Å². The Labute approximate surface area is 161 Å². The average molecular weight is 381 g/mol. The maximum Gasteiger partial charge on any atom is 0.276 e. The molecular formula is C20H19N3O5. The van der Waals surface area contributed by atoms with Crippen LogP contribution in [0.15, 0.2) is 48.5 Å². The van der Waals surface area contributed by atoms with Gasteiger partial charge in [0.25, 0.3) is 23.6 Å². The number of benzene rings is 2. The second-order valence-electron chi connectivity index (χ2n) is 6.29. The van der Waals surface area contributed by atoms with E-state index in [-0.39, 0.29) is 17.7 Å². The number of aryl methyl sites for hydroxylation is 1. The molecule has 0 radical (unpaired) electrons. The van der Waals surface area contributed by atoms with E-state index in [9.17, 15) is 19.2 Å². The average Bonchev–Trinajstić information content (AvgIpc) is 2.95. The first-order chi connectivity index (χ1) is 13.4. The summed E-state index contributed by atoms with van der Waals surface area (Å²) in [6.07, 6.45) is 0. The fraction of sp³-hybridized carbons (Fsp3) is 0.200. The van der Waals surface area contributed by atoms with Crippen LogP contribution >= 0.6 is 0 Å². The van der Waals surface area contributed by atoms with Gasteiger partial charge in [-0.15, -0.1) is 0 Å². The van der Waals surface area contributed by atoms with E-state index in [1.165, 1.54) is 19.1 Å². The molecule has 3 rings (SSSR count). The number of hydrazine groups is 1. The molecule has 1 aliphatic heterocycles. The molecule has 1 aliphatic rings. The summed E-state index contributed by atoms with van der Waals surface area (Å²) in [6, 6.07) is 12.5. The van der Waals surface area contributed by atoms with E-state index in [1.807, 2.05) is 19.1 Å². The van der Waals surface area contributed by atoms with Crippen LogP contribution in [0.2, 0.25) is 0 Å². The molecule has 0 aromatic heterocycles. The summed E-state index contributed by atoms with van der Waals surface area (Å²) in [6.45, 7) is 2.96. The summed E-state index contributed by atoms with van der Waals surface area (Å²) >= 11 is 0. The predicted molar refractivity (Wildman–Crippen MR) is 99.4 cm³/mol. The fourth-order valence-electron chi connectivity index (χ4n) is 2.81. The Morgan fingerprint density at radius 3 is 2.14 bits per heavy atom. The normalized spacial score (nSPS) is 13.7. The van der Waals surface area contributed by atoms with Crippen LogP contribution < -0.4 is 15.6 Å². The summed E-state index contributed by atoms with van der Waals surface area (Å²) in [5.41, 5.74) is 5.81. The molecule has 2 N–H and O–H groups in total. The van der Waals surface area contributed by atoms with E-state index in [1.54, 1.807) is 24.3 Å². The maximum absolute atomic E-state index is 12.4. The van der Waals surface area contributed by atoms with Crippen LogP contribution in [0.3, 0.4) is 0 Å². The number of fused-ring (bicyclic) bond motifs is 1. The van der Waals surface area contributed by atoms with E-state index >= 15 is 0 Å². The lowest BCUT2D eigenvalue weighted by atomic mass is 10.1. The summed E-state index contributed by atoms with van der Waals surface area (Å²) in [4.78, 5) is 49.8.